The number of amides is 2. The summed E-state index contributed by atoms with van der Waals surface area (Å²) in [7, 11) is 0. The Hall–Kier alpha value is -4.05. The molecule has 3 aromatic rings. The number of aromatic nitrogens is 1. The molecule has 0 fully saturated rings. The number of aliphatic imine (C=N–C) groups is 1. The number of rotatable bonds is 5. The van der Waals surface area contributed by atoms with Crippen molar-refractivity contribution < 1.29 is 23.6 Å². The number of anilines is 2. The van der Waals surface area contributed by atoms with Gasteiger partial charge in [-0.3, -0.25) is 14.5 Å². The van der Waals surface area contributed by atoms with E-state index in [-0.39, 0.29) is 30.1 Å². The first-order chi connectivity index (χ1) is 16.5. The van der Waals surface area contributed by atoms with Crippen molar-refractivity contribution in [3.05, 3.63) is 71.1 Å². The number of carbonyl (C=O) groups excluding carboxylic acids is 2. The van der Waals surface area contributed by atoms with Crippen molar-refractivity contribution in [2.75, 3.05) is 22.8 Å². The number of thioether (sulfide) groups is 1. The fourth-order valence-electron chi connectivity index (χ4n) is 3.41. The topological polar surface area (TPSA) is 106 Å². The fourth-order valence-corrected chi connectivity index (χ4v) is 4.22. The number of benzene rings is 2. The van der Waals surface area contributed by atoms with E-state index in [0.29, 0.717) is 33.9 Å². The van der Waals surface area contributed by atoms with E-state index >= 15 is 0 Å². The van der Waals surface area contributed by atoms with E-state index < -0.39 is 0 Å². The summed E-state index contributed by atoms with van der Waals surface area (Å²) >= 11 is 1.16. The number of aryl methyl sites for hydroxylation is 2. The first-order valence-electron chi connectivity index (χ1n) is 10.4. The van der Waals surface area contributed by atoms with Gasteiger partial charge in [0.25, 0.3) is 5.91 Å². The molecular formula is C24H20N4O5S. The second kappa shape index (κ2) is 9.06. The quantitative estimate of drug-likeness (QED) is 0.552. The Morgan fingerprint density at radius 1 is 1.12 bits per heavy atom. The minimum absolute atomic E-state index is 0.0394. The summed E-state index contributed by atoms with van der Waals surface area (Å²) in [5.74, 6) is 1.69. The minimum Gasteiger partial charge on any atom is -0.454 e. The molecule has 0 saturated carbocycles. The molecule has 0 spiro atoms. The summed E-state index contributed by atoms with van der Waals surface area (Å²) in [4.78, 5) is 31.8. The van der Waals surface area contributed by atoms with Crippen molar-refractivity contribution >= 4 is 46.3 Å². The van der Waals surface area contributed by atoms with Gasteiger partial charge in [-0.2, -0.15) is 0 Å². The van der Waals surface area contributed by atoms with Gasteiger partial charge < -0.3 is 19.3 Å². The SMILES string of the molecule is Cc1ccc(N2C(=O)/C(=C/c3ccc4c(c3)OCO4)N=C2SCC(=O)Nc2cc(C)on2)cc1. The van der Waals surface area contributed by atoms with Crippen LogP contribution in [0.15, 0.2) is 63.7 Å². The van der Waals surface area contributed by atoms with Crippen molar-refractivity contribution in [3.8, 4) is 11.5 Å². The van der Waals surface area contributed by atoms with Crippen molar-refractivity contribution in [1.29, 1.82) is 0 Å². The minimum atomic E-state index is -0.287. The Bertz CT molecular complexity index is 1330. The highest BCUT2D eigenvalue weighted by atomic mass is 32.2. The third-order valence-electron chi connectivity index (χ3n) is 5.05. The maximum Gasteiger partial charge on any atom is 0.283 e. The Kier molecular flexibility index (Phi) is 5.81. The normalized spacial score (nSPS) is 15.7. The van der Waals surface area contributed by atoms with Gasteiger partial charge in [0, 0.05) is 6.07 Å². The molecule has 2 aliphatic rings. The fraction of sp³-hybridized carbons (Fsp3) is 0.167. The summed E-state index contributed by atoms with van der Waals surface area (Å²) in [5, 5.41) is 6.84. The highest BCUT2D eigenvalue weighted by Crippen LogP contribution is 2.34. The van der Waals surface area contributed by atoms with Gasteiger partial charge in [-0.25, -0.2) is 4.99 Å². The molecular weight excluding hydrogens is 456 g/mol. The van der Waals surface area contributed by atoms with E-state index in [1.807, 2.05) is 37.3 Å². The summed E-state index contributed by atoms with van der Waals surface area (Å²) in [5.41, 5.74) is 2.75. The third kappa shape index (κ3) is 4.53. The van der Waals surface area contributed by atoms with Crippen LogP contribution >= 0.6 is 11.8 Å². The van der Waals surface area contributed by atoms with E-state index in [4.69, 9.17) is 14.0 Å². The third-order valence-corrected chi connectivity index (χ3v) is 5.99. The molecule has 172 valence electrons. The molecule has 0 aliphatic carbocycles. The number of carbonyl (C=O) groups is 2. The largest absolute Gasteiger partial charge is 0.454 e. The number of nitrogens with one attached hydrogen (secondary N) is 1. The van der Waals surface area contributed by atoms with Crippen LogP contribution < -0.4 is 19.7 Å². The Morgan fingerprint density at radius 3 is 2.68 bits per heavy atom. The molecule has 1 N–H and O–H groups in total. The number of fused-ring (bicyclic) bond motifs is 1. The van der Waals surface area contributed by atoms with Crippen LogP contribution in [0.2, 0.25) is 0 Å². The van der Waals surface area contributed by atoms with E-state index in [0.717, 1.165) is 22.9 Å². The first-order valence-corrected chi connectivity index (χ1v) is 11.4. The van der Waals surface area contributed by atoms with Crippen LogP contribution in [0.3, 0.4) is 0 Å². The van der Waals surface area contributed by atoms with Crippen LogP contribution in [0, 0.1) is 13.8 Å². The lowest BCUT2D eigenvalue weighted by atomic mass is 10.1. The number of nitrogens with zero attached hydrogens (tertiary/aromatic N) is 3. The molecule has 2 amide bonds. The summed E-state index contributed by atoms with van der Waals surface area (Å²) in [6, 6.07) is 14.6. The van der Waals surface area contributed by atoms with Gasteiger partial charge in [0.05, 0.1) is 11.4 Å². The maximum absolute atomic E-state index is 13.3. The molecule has 9 nitrogen and oxygen atoms in total. The Labute approximate surface area is 199 Å². The van der Waals surface area contributed by atoms with Crippen molar-refractivity contribution in [1.82, 2.24) is 5.16 Å². The number of hydrogen-bond acceptors (Lipinski definition) is 8. The first kappa shape index (κ1) is 21.8. The second-order valence-electron chi connectivity index (χ2n) is 7.67. The van der Waals surface area contributed by atoms with E-state index in [9.17, 15) is 9.59 Å². The standard InChI is InChI=1S/C24H20N4O5S/c1-14-3-6-17(7-4-14)28-23(30)18(10-16-5-8-19-20(11-16)32-13-31-19)25-24(28)34-12-22(29)26-21-9-15(2)33-27-21/h3-11H,12-13H2,1-2H3,(H,26,27,29)/b18-10-. The molecule has 5 rings (SSSR count). The second-order valence-corrected chi connectivity index (χ2v) is 8.61. The molecule has 0 atom stereocenters. The summed E-state index contributed by atoms with van der Waals surface area (Å²) < 4.78 is 15.7. The molecule has 1 aromatic heterocycles. The molecule has 0 bridgehead atoms. The summed E-state index contributed by atoms with van der Waals surface area (Å²) in [6.07, 6.45) is 1.69. The zero-order valence-corrected chi connectivity index (χ0v) is 19.2. The van der Waals surface area contributed by atoms with Gasteiger partial charge in [0.15, 0.2) is 22.5 Å². The van der Waals surface area contributed by atoms with Gasteiger partial charge in [-0.15, -0.1) is 0 Å². The lowest BCUT2D eigenvalue weighted by Gasteiger charge is -2.17. The predicted octanol–water partition coefficient (Wildman–Crippen LogP) is 4.14. The van der Waals surface area contributed by atoms with E-state index in [1.54, 1.807) is 31.2 Å². The van der Waals surface area contributed by atoms with Crippen LogP contribution in [-0.4, -0.2) is 34.7 Å². The average molecular weight is 477 g/mol. The Morgan fingerprint density at radius 2 is 1.91 bits per heavy atom. The summed E-state index contributed by atoms with van der Waals surface area (Å²) in [6.45, 7) is 3.88. The molecule has 0 unspecified atom stereocenters. The van der Waals surface area contributed by atoms with E-state index in [1.165, 1.54) is 4.90 Å². The van der Waals surface area contributed by atoms with Gasteiger partial charge >= 0.3 is 0 Å². The van der Waals surface area contributed by atoms with Crippen LogP contribution in [-0.2, 0) is 9.59 Å². The van der Waals surface area contributed by atoms with Crippen LogP contribution in [0.1, 0.15) is 16.9 Å². The van der Waals surface area contributed by atoms with Crippen LogP contribution in [0.4, 0.5) is 11.5 Å². The molecule has 0 radical (unpaired) electrons. The number of hydrogen-bond donors (Lipinski definition) is 1. The molecule has 2 aromatic carbocycles. The average Bonchev–Trinajstić information content (AvgIpc) is 3.52. The van der Waals surface area contributed by atoms with Crippen molar-refractivity contribution in [2.24, 2.45) is 4.99 Å². The smallest absolute Gasteiger partial charge is 0.283 e. The molecule has 10 heteroatoms. The zero-order chi connectivity index (χ0) is 23.7. The van der Waals surface area contributed by atoms with Gasteiger partial charge in [-0.05, 0) is 49.8 Å². The predicted molar refractivity (Wildman–Crippen MR) is 129 cm³/mol. The van der Waals surface area contributed by atoms with Crippen molar-refractivity contribution in [3.63, 3.8) is 0 Å². The lowest BCUT2D eigenvalue weighted by molar-refractivity contribution is -0.114. The monoisotopic (exact) mass is 476 g/mol. The number of amidine groups is 1. The van der Waals surface area contributed by atoms with Gasteiger partial charge in [0.1, 0.15) is 11.5 Å². The molecule has 0 saturated heterocycles. The van der Waals surface area contributed by atoms with Crippen LogP contribution in [0.25, 0.3) is 6.08 Å². The van der Waals surface area contributed by atoms with E-state index in [2.05, 4.69) is 15.5 Å². The maximum atomic E-state index is 13.3. The van der Waals surface area contributed by atoms with Crippen LogP contribution in [0.5, 0.6) is 11.5 Å². The number of ether oxygens (including phenoxy) is 2. The lowest BCUT2D eigenvalue weighted by Crippen LogP contribution is -2.31. The molecule has 34 heavy (non-hydrogen) atoms. The van der Waals surface area contributed by atoms with Gasteiger partial charge in [0.2, 0.25) is 12.7 Å². The highest BCUT2D eigenvalue weighted by molar-refractivity contribution is 8.14. The molecule has 3 heterocycles. The van der Waals surface area contributed by atoms with Gasteiger partial charge in [-0.1, -0.05) is 40.7 Å². The zero-order valence-electron chi connectivity index (χ0n) is 18.4. The van der Waals surface area contributed by atoms with Crippen molar-refractivity contribution in [2.45, 2.75) is 13.8 Å². The molecule has 2 aliphatic heterocycles. The highest BCUT2D eigenvalue weighted by Gasteiger charge is 2.32. The Balaban J connectivity index is 1.39.